The van der Waals surface area contributed by atoms with Crippen molar-refractivity contribution in [2.75, 3.05) is 39.4 Å². The third-order valence-electron chi connectivity index (χ3n) is 3.65. The van der Waals surface area contributed by atoms with Crippen LogP contribution in [-0.2, 0) is 4.74 Å². The number of hydrogen-bond acceptors (Lipinski definition) is 3. The summed E-state index contributed by atoms with van der Waals surface area (Å²) in [6.45, 7) is 13.3. The van der Waals surface area contributed by atoms with E-state index in [9.17, 15) is 0 Å². The zero-order valence-electron chi connectivity index (χ0n) is 12.6. The van der Waals surface area contributed by atoms with E-state index in [0.717, 1.165) is 25.7 Å². The Hall–Kier alpha value is -0.120. The van der Waals surface area contributed by atoms with Gasteiger partial charge >= 0.3 is 0 Å². The van der Waals surface area contributed by atoms with Crippen molar-refractivity contribution in [2.45, 2.75) is 52.5 Å². The van der Waals surface area contributed by atoms with Gasteiger partial charge < -0.3 is 15.0 Å². The highest BCUT2D eigenvalue weighted by Crippen LogP contribution is 2.10. The smallest absolute Gasteiger partial charge is 0.0591 e. The quantitative estimate of drug-likeness (QED) is 0.642. The number of hydrogen-bond donors (Lipinski definition) is 1. The minimum Gasteiger partial charge on any atom is -0.380 e. The van der Waals surface area contributed by atoms with Crippen LogP contribution in [0, 0.1) is 5.92 Å². The second kappa shape index (κ2) is 9.76. The van der Waals surface area contributed by atoms with E-state index in [1.807, 2.05) is 0 Å². The van der Waals surface area contributed by atoms with Crippen molar-refractivity contribution in [1.82, 2.24) is 10.2 Å². The Bertz CT molecular complexity index is 189. The van der Waals surface area contributed by atoms with Crippen molar-refractivity contribution in [1.29, 1.82) is 0 Å². The van der Waals surface area contributed by atoms with Crippen molar-refractivity contribution in [3.8, 4) is 0 Å². The van der Waals surface area contributed by atoms with Gasteiger partial charge in [-0.15, -0.1) is 0 Å². The van der Waals surface area contributed by atoms with E-state index in [1.54, 1.807) is 0 Å². The molecule has 1 heterocycles. The molecular formula is C15H32N2O. The molecule has 0 aromatic rings. The zero-order chi connectivity index (χ0) is 13.2. The molecule has 0 spiro atoms. The van der Waals surface area contributed by atoms with Crippen LogP contribution in [0.3, 0.4) is 0 Å². The van der Waals surface area contributed by atoms with Crippen molar-refractivity contribution < 1.29 is 4.74 Å². The van der Waals surface area contributed by atoms with Crippen LogP contribution < -0.4 is 5.32 Å². The first-order valence-corrected chi connectivity index (χ1v) is 7.75. The van der Waals surface area contributed by atoms with Crippen molar-refractivity contribution in [3.05, 3.63) is 0 Å². The van der Waals surface area contributed by atoms with E-state index in [2.05, 4.69) is 31.0 Å². The average molecular weight is 256 g/mol. The van der Waals surface area contributed by atoms with E-state index < -0.39 is 0 Å². The lowest BCUT2D eigenvalue weighted by Gasteiger charge is -2.32. The van der Waals surface area contributed by atoms with E-state index >= 15 is 0 Å². The number of likely N-dealkylation sites (tertiary alicyclic amines) is 1. The summed E-state index contributed by atoms with van der Waals surface area (Å²) in [7, 11) is 0. The van der Waals surface area contributed by atoms with Gasteiger partial charge in [-0.1, -0.05) is 20.8 Å². The maximum Gasteiger partial charge on any atom is 0.0591 e. The van der Waals surface area contributed by atoms with Crippen LogP contribution >= 0.6 is 0 Å². The molecular weight excluding hydrogens is 224 g/mol. The summed E-state index contributed by atoms with van der Waals surface area (Å²) < 4.78 is 5.62. The van der Waals surface area contributed by atoms with Gasteiger partial charge in [0.1, 0.15) is 0 Å². The largest absolute Gasteiger partial charge is 0.380 e. The molecule has 108 valence electrons. The van der Waals surface area contributed by atoms with Gasteiger partial charge in [-0.3, -0.25) is 0 Å². The molecule has 0 aromatic carbocycles. The minimum atomic E-state index is 0.715. The Balaban J connectivity index is 1.91. The maximum atomic E-state index is 5.62. The lowest BCUT2D eigenvalue weighted by atomic mass is 10.1. The predicted octanol–water partition coefficient (Wildman–Crippen LogP) is 2.51. The number of piperidine rings is 1. The number of nitrogens with zero attached hydrogens (tertiary/aromatic N) is 1. The Morgan fingerprint density at radius 3 is 2.56 bits per heavy atom. The van der Waals surface area contributed by atoms with E-state index in [1.165, 1.54) is 45.3 Å². The van der Waals surface area contributed by atoms with Gasteiger partial charge in [0.2, 0.25) is 0 Å². The van der Waals surface area contributed by atoms with Crippen LogP contribution in [-0.4, -0.2) is 50.3 Å². The second-order valence-electron chi connectivity index (χ2n) is 5.86. The molecule has 0 bridgehead atoms. The van der Waals surface area contributed by atoms with E-state index in [4.69, 9.17) is 4.74 Å². The molecule has 3 nitrogen and oxygen atoms in total. The molecule has 1 aliphatic heterocycles. The summed E-state index contributed by atoms with van der Waals surface area (Å²) in [5, 5.41) is 3.62. The fraction of sp³-hybridized carbons (Fsp3) is 1.00. The minimum absolute atomic E-state index is 0.715. The fourth-order valence-corrected chi connectivity index (χ4v) is 2.43. The summed E-state index contributed by atoms with van der Waals surface area (Å²) in [5.74, 6) is 0.751. The van der Waals surface area contributed by atoms with Gasteiger partial charge in [0.15, 0.2) is 0 Å². The summed E-state index contributed by atoms with van der Waals surface area (Å²) >= 11 is 0. The predicted molar refractivity (Wildman–Crippen MR) is 78.0 cm³/mol. The van der Waals surface area contributed by atoms with Crippen molar-refractivity contribution in [3.63, 3.8) is 0 Å². The summed E-state index contributed by atoms with van der Waals surface area (Å²) in [6, 6.07) is 0.715. The van der Waals surface area contributed by atoms with Gasteiger partial charge in [0.05, 0.1) is 6.61 Å². The van der Waals surface area contributed by atoms with Crippen LogP contribution in [0.4, 0.5) is 0 Å². The SMILES string of the molecule is CCCN1CCC(NCCOCCC(C)C)CC1. The van der Waals surface area contributed by atoms with Crippen molar-refractivity contribution >= 4 is 0 Å². The van der Waals surface area contributed by atoms with Crippen LogP contribution in [0.1, 0.15) is 46.5 Å². The zero-order valence-corrected chi connectivity index (χ0v) is 12.6. The monoisotopic (exact) mass is 256 g/mol. The third kappa shape index (κ3) is 7.34. The Morgan fingerprint density at radius 2 is 1.94 bits per heavy atom. The summed E-state index contributed by atoms with van der Waals surface area (Å²) in [6.07, 6.45) is 5.05. The van der Waals surface area contributed by atoms with E-state index in [0.29, 0.717) is 6.04 Å². The van der Waals surface area contributed by atoms with Crippen LogP contribution in [0.15, 0.2) is 0 Å². The van der Waals surface area contributed by atoms with Gasteiger partial charge in [-0.25, -0.2) is 0 Å². The molecule has 0 radical (unpaired) electrons. The van der Waals surface area contributed by atoms with E-state index in [-0.39, 0.29) is 0 Å². The molecule has 0 unspecified atom stereocenters. The molecule has 1 aliphatic rings. The highest BCUT2D eigenvalue weighted by atomic mass is 16.5. The average Bonchev–Trinajstić information content (AvgIpc) is 2.35. The first kappa shape index (κ1) is 15.9. The summed E-state index contributed by atoms with van der Waals surface area (Å²) in [4.78, 5) is 2.58. The number of nitrogens with one attached hydrogen (secondary N) is 1. The van der Waals surface area contributed by atoms with Crippen LogP contribution in [0.5, 0.6) is 0 Å². The molecule has 0 amide bonds. The van der Waals surface area contributed by atoms with Gasteiger partial charge in [-0.2, -0.15) is 0 Å². The van der Waals surface area contributed by atoms with Gasteiger partial charge in [0.25, 0.3) is 0 Å². The second-order valence-corrected chi connectivity index (χ2v) is 5.86. The molecule has 3 heteroatoms. The Kier molecular flexibility index (Phi) is 8.64. The third-order valence-corrected chi connectivity index (χ3v) is 3.65. The Morgan fingerprint density at radius 1 is 1.22 bits per heavy atom. The molecule has 0 atom stereocenters. The van der Waals surface area contributed by atoms with Crippen molar-refractivity contribution in [2.24, 2.45) is 5.92 Å². The number of rotatable bonds is 9. The molecule has 0 aromatic heterocycles. The molecule has 1 N–H and O–H groups in total. The molecule has 18 heavy (non-hydrogen) atoms. The standard InChI is InChI=1S/C15H32N2O/c1-4-9-17-10-5-15(6-11-17)16-8-13-18-12-7-14(2)3/h14-16H,4-13H2,1-3H3. The molecule has 0 saturated carbocycles. The van der Waals surface area contributed by atoms with Gasteiger partial charge in [-0.05, 0) is 51.2 Å². The van der Waals surface area contributed by atoms with Crippen LogP contribution in [0.25, 0.3) is 0 Å². The molecule has 0 aliphatic carbocycles. The first-order valence-electron chi connectivity index (χ1n) is 7.75. The van der Waals surface area contributed by atoms with Gasteiger partial charge in [0, 0.05) is 19.2 Å². The maximum absolute atomic E-state index is 5.62. The first-order chi connectivity index (χ1) is 8.72. The highest BCUT2D eigenvalue weighted by Gasteiger charge is 2.17. The molecule has 1 rings (SSSR count). The Labute approximate surface area is 113 Å². The molecule has 1 fully saturated rings. The lowest BCUT2D eigenvalue weighted by molar-refractivity contribution is 0.118. The molecule has 1 saturated heterocycles. The lowest BCUT2D eigenvalue weighted by Crippen LogP contribution is -2.43. The normalized spacial score (nSPS) is 18.7. The fourth-order valence-electron chi connectivity index (χ4n) is 2.43. The highest BCUT2D eigenvalue weighted by molar-refractivity contribution is 4.76. The topological polar surface area (TPSA) is 24.5 Å². The number of ether oxygens (including phenoxy) is 1. The summed E-state index contributed by atoms with van der Waals surface area (Å²) in [5.41, 5.74) is 0. The van der Waals surface area contributed by atoms with Crippen LogP contribution in [0.2, 0.25) is 0 Å².